The summed E-state index contributed by atoms with van der Waals surface area (Å²) >= 11 is 0. The summed E-state index contributed by atoms with van der Waals surface area (Å²) in [5.41, 5.74) is 2.45. The molecule has 2 N–H and O–H groups in total. The minimum Gasteiger partial charge on any atom is -0.353 e. The Balaban J connectivity index is 2.56. The molecule has 2 unspecified atom stereocenters. The van der Waals surface area contributed by atoms with Gasteiger partial charge in [-0.25, -0.2) is 0 Å². The van der Waals surface area contributed by atoms with E-state index in [1.165, 1.54) is 11.1 Å². The first-order valence-corrected chi connectivity index (χ1v) is 6.53. The third-order valence-corrected chi connectivity index (χ3v) is 2.90. The second-order valence-electron chi connectivity index (χ2n) is 5.18. The molecule has 0 saturated heterocycles. The fraction of sp³-hybridized carbons (Fsp3) is 0.533. The Morgan fingerprint density at radius 3 is 2.11 bits per heavy atom. The number of nitrogens with one attached hydrogen (secondary N) is 2. The summed E-state index contributed by atoms with van der Waals surface area (Å²) in [4.78, 5) is 11.8. The van der Waals surface area contributed by atoms with Crippen LogP contribution in [0.15, 0.2) is 24.3 Å². The number of amides is 1. The molecule has 0 heterocycles. The largest absolute Gasteiger partial charge is 0.353 e. The van der Waals surface area contributed by atoms with Crippen LogP contribution in [0.2, 0.25) is 0 Å². The van der Waals surface area contributed by atoms with Crippen molar-refractivity contribution < 1.29 is 4.79 Å². The lowest BCUT2D eigenvalue weighted by molar-refractivity contribution is -0.123. The monoisotopic (exact) mass is 248 g/mol. The maximum Gasteiger partial charge on any atom is 0.237 e. The highest BCUT2D eigenvalue weighted by atomic mass is 16.2. The summed E-state index contributed by atoms with van der Waals surface area (Å²) in [6, 6.07) is 8.53. The van der Waals surface area contributed by atoms with E-state index in [0.717, 1.165) is 0 Å². The van der Waals surface area contributed by atoms with Crippen LogP contribution in [0.4, 0.5) is 0 Å². The molecular formula is C15H24N2O. The van der Waals surface area contributed by atoms with Gasteiger partial charge in [0.1, 0.15) is 0 Å². The summed E-state index contributed by atoms with van der Waals surface area (Å²) in [6.07, 6.45) is 0. The lowest BCUT2D eigenvalue weighted by Crippen LogP contribution is -2.45. The molecule has 0 spiro atoms. The van der Waals surface area contributed by atoms with E-state index in [9.17, 15) is 4.79 Å². The molecule has 1 rings (SSSR count). The molecule has 18 heavy (non-hydrogen) atoms. The predicted octanol–water partition coefficient (Wildman–Crippen LogP) is 2.56. The number of aryl methyl sites for hydroxylation is 1. The Labute approximate surface area is 110 Å². The lowest BCUT2D eigenvalue weighted by Gasteiger charge is -2.21. The van der Waals surface area contributed by atoms with Crippen molar-refractivity contribution in [3.8, 4) is 0 Å². The number of hydrogen-bond acceptors (Lipinski definition) is 2. The number of carbonyl (C=O) groups excluding carboxylic acids is 1. The predicted molar refractivity (Wildman–Crippen MR) is 75.5 cm³/mol. The lowest BCUT2D eigenvalue weighted by atomic mass is 10.1. The fourth-order valence-electron chi connectivity index (χ4n) is 1.81. The van der Waals surface area contributed by atoms with Crippen molar-refractivity contribution in [1.82, 2.24) is 10.6 Å². The smallest absolute Gasteiger partial charge is 0.237 e. The molecule has 0 radical (unpaired) electrons. The average molecular weight is 248 g/mol. The van der Waals surface area contributed by atoms with Gasteiger partial charge in [0, 0.05) is 12.1 Å². The van der Waals surface area contributed by atoms with Crippen LogP contribution in [0.25, 0.3) is 0 Å². The van der Waals surface area contributed by atoms with E-state index in [4.69, 9.17) is 0 Å². The Kier molecular flexibility index (Phi) is 5.35. The van der Waals surface area contributed by atoms with Gasteiger partial charge in [-0.15, -0.1) is 0 Å². The van der Waals surface area contributed by atoms with Crippen LogP contribution >= 0.6 is 0 Å². The molecule has 0 bridgehead atoms. The van der Waals surface area contributed by atoms with Crippen molar-refractivity contribution in [2.75, 3.05) is 0 Å². The first-order valence-electron chi connectivity index (χ1n) is 6.53. The van der Waals surface area contributed by atoms with Crippen LogP contribution in [0.1, 0.15) is 44.9 Å². The van der Waals surface area contributed by atoms with Gasteiger partial charge in [0.2, 0.25) is 5.91 Å². The van der Waals surface area contributed by atoms with Gasteiger partial charge >= 0.3 is 0 Å². The van der Waals surface area contributed by atoms with E-state index in [2.05, 4.69) is 48.7 Å². The Hall–Kier alpha value is -1.35. The Morgan fingerprint density at radius 2 is 1.61 bits per heavy atom. The zero-order valence-corrected chi connectivity index (χ0v) is 11.9. The summed E-state index contributed by atoms with van der Waals surface area (Å²) in [6.45, 7) is 9.97. The Morgan fingerprint density at radius 1 is 1.06 bits per heavy atom. The van der Waals surface area contributed by atoms with Crippen molar-refractivity contribution in [3.63, 3.8) is 0 Å². The molecule has 1 amide bonds. The van der Waals surface area contributed by atoms with Gasteiger partial charge < -0.3 is 5.32 Å². The minimum absolute atomic E-state index is 0.0453. The van der Waals surface area contributed by atoms with Crippen LogP contribution in [-0.4, -0.2) is 18.0 Å². The molecule has 0 fully saturated rings. The highest BCUT2D eigenvalue weighted by molar-refractivity contribution is 5.81. The van der Waals surface area contributed by atoms with Gasteiger partial charge in [-0.05, 0) is 40.2 Å². The fourth-order valence-corrected chi connectivity index (χ4v) is 1.81. The molecule has 0 saturated carbocycles. The first-order chi connectivity index (χ1) is 8.40. The SMILES string of the molecule is Cc1ccc(C(C)NC(C)C(=O)NC(C)C)cc1. The molecule has 0 aliphatic carbocycles. The molecule has 0 aromatic heterocycles. The van der Waals surface area contributed by atoms with Crippen LogP contribution < -0.4 is 10.6 Å². The zero-order valence-electron chi connectivity index (χ0n) is 11.9. The van der Waals surface area contributed by atoms with Crippen molar-refractivity contribution in [2.45, 2.75) is 52.7 Å². The highest BCUT2D eigenvalue weighted by Crippen LogP contribution is 2.13. The number of rotatable bonds is 5. The molecule has 1 aromatic carbocycles. The maximum atomic E-state index is 11.8. The van der Waals surface area contributed by atoms with Crippen LogP contribution in [-0.2, 0) is 4.79 Å². The maximum absolute atomic E-state index is 11.8. The van der Waals surface area contributed by atoms with E-state index in [-0.39, 0.29) is 24.0 Å². The third-order valence-electron chi connectivity index (χ3n) is 2.90. The van der Waals surface area contributed by atoms with Gasteiger partial charge in [-0.3, -0.25) is 10.1 Å². The van der Waals surface area contributed by atoms with Crippen molar-refractivity contribution in [3.05, 3.63) is 35.4 Å². The van der Waals surface area contributed by atoms with E-state index < -0.39 is 0 Å². The number of carbonyl (C=O) groups is 1. The van der Waals surface area contributed by atoms with Crippen molar-refractivity contribution in [2.24, 2.45) is 0 Å². The van der Waals surface area contributed by atoms with Gasteiger partial charge in [-0.1, -0.05) is 29.8 Å². The van der Waals surface area contributed by atoms with Gasteiger partial charge in [0.25, 0.3) is 0 Å². The van der Waals surface area contributed by atoms with E-state index >= 15 is 0 Å². The third kappa shape index (κ3) is 4.49. The summed E-state index contributed by atoms with van der Waals surface area (Å²) < 4.78 is 0. The first kappa shape index (κ1) is 14.7. The standard InChI is InChI=1S/C15H24N2O/c1-10(2)16-15(18)13(5)17-12(4)14-8-6-11(3)7-9-14/h6-10,12-13,17H,1-5H3,(H,16,18). The second kappa shape index (κ2) is 6.55. The second-order valence-corrected chi connectivity index (χ2v) is 5.18. The molecule has 100 valence electrons. The van der Waals surface area contributed by atoms with Crippen LogP contribution in [0.5, 0.6) is 0 Å². The normalized spacial score (nSPS) is 14.3. The number of hydrogen-bond donors (Lipinski definition) is 2. The van der Waals surface area contributed by atoms with Gasteiger partial charge in [0.05, 0.1) is 6.04 Å². The summed E-state index contributed by atoms with van der Waals surface area (Å²) in [5.74, 6) is 0.0453. The van der Waals surface area contributed by atoms with Crippen molar-refractivity contribution >= 4 is 5.91 Å². The molecule has 1 aromatic rings. The molecule has 0 aliphatic rings. The van der Waals surface area contributed by atoms with E-state index in [1.807, 2.05) is 20.8 Å². The van der Waals surface area contributed by atoms with Crippen molar-refractivity contribution in [1.29, 1.82) is 0 Å². The van der Waals surface area contributed by atoms with Gasteiger partial charge in [0.15, 0.2) is 0 Å². The van der Waals surface area contributed by atoms with Crippen LogP contribution in [0.3, 0.4) is 0 Å². The minimum atomic E-state index is -0.191. The van der Waals surface area contributed by atoms with E-state index in [1.54, 1.807) is 0 Å². The van der Waals surface area contributed by atoms with E-state index in [0.29, 0.717) is 0 Å². The molecule has 3 nitrogen and oxygen atoms in total. The quantitative estimate of drug-likeness (QED) is 0.841. The topological polar surface area (TPSA) is 41.1 Å². The van der Waals surface area contributed by atoms with Gasteiger partial charge in [-0.2, -0.15) is 0 Å². The number of benzene rings is 1. The summed E-state index contributed by atoms with van der Waals surface area (Å²) in [5, 5.41) is 6.22. The molecule has 0 aliphatic heterocycles. The van der Waals surface area contributed by atoms with Crippen LogP contribution in [0, 0.1) is 6.92 Å². The highest BCUT2D eigenvalue weighted by Gasteiger charge is 2.16. The molecule has 3 heteroatoms. The summed E-state index contributed by atoms with van der Waals surface area (Å²) in [7, 11) is 0. The molecular weight excluding hydrogens is 224 g/mol. The average Bonchev–Trinajstić information content (AvgIpc) is 2.28. The Bertz CT molecular complexity index is 384. The molecule has 2 atom stereocenters. The zero-order chi connectivity index (χ0) is 13.7.